The minimum Gasteiger partial charge on any atom is -0.496 e. The van der Waals surface area contributed by atoms with Crippen LogP contribution in [-0.2, 0) is 10.8 Å². The summed E-state index contributed by atoms with van der Waals surface area (Å²) >= 11 is 0. The third-order valence-electron chi connectivity index (χ3n) is 3.35. The highest BCUT2D eigenvalue weighted by molar-refractivity contribution is 7.86. The van der Waals surface area contributed by atoms with E-state index in [9.17, 15) is 9.00 Å². The first-order valence-corrected chi connectivity index (χ1v) is 7.64. The van der Waals surface area contributed by atoms with Gasteiger partial charge in [-0.05, 0) is 25.0 Å². The van der Waals surface area contributed by atoms with E-state index in [1.807, 2.05) is 6.07 Å². The van der Waals surface area contributed by atoms with Gasteiger partial charge in [-0.1, -0.05) is 25.0 Å². The number of hydrogen-bond acceptors (Lipinski definition) is 3. The largest absolute Gasteiger partial charge is 0.496 e. The average molecular weight is 266 g/mol. The van der Waals surface area contributed by atoms with Crippen LogP contribution in [0.25, 0.3) is 0 Å². The number of methoxy groups -OCH3 is 1. The summed E-state index contributed by atoms with van der Waals surface area (Å²) in [6.45, 7) is 0. The molecule has 1 unspecified atom stereocenters. The first kappa shape index (κ1) is 13.3. The van der Waals surface area contributed by atoms with E-state index in [0.29, 0.717) is 11.3 Å². The van der Waals surface area contributed by atoms with Gasteiger partial charge in [0.2, 0.25) is 0 Å². The molecule has 1 aliphatic carbocycles. The second kappa shape index (κ2) is 6.14. The summed E-state index contributed by atoms with van der Waals surface area (Å²) in [4.78, 5) is 12.1. The van der Waals surface area contributed by atoms with E-state index in [1.165, 1.54) is 0 Å². The summed E-state index contributed by atoms with van der Waals surface area (Å²) in [5, 5.41) is 0.212. The summed E-state index contributed by atoms with van der Waals surface area (Å²) in [7, 11) is 0.500. The molecule has 0 aliphatic heterocycles. The summed E-state index contributed by atoms with van der Waals surface area (Å²) in [5.41, 5.74) is 0.534. The van der Waals surface area contributed by atoms with Crippen molar-refractivity contribution in [3.8, 4) is 5.75 Å². The molecule has 98 valence electrons. The standard InChI is InChI=1S/C14H18O3S/c1-17-14-9-5-4-8-12(14)13(15)10-18(16)11-6-2-3-7-11/h4-5,8-9,11H,2-3,6-7,10H2,1H3. The van der Waals surface area contributed by atoms with Gasteiger partial charge in [0.1, 0.15) is 5.75 Å². The van der Waals surface area contributed by atoms with Crippen molar-refractivity contribution in [3.63, 3.8) is 0 Å². The molecular formula is C14H18O3S. The Labute approximate surface area is 110 Å². The van der Waals surface area contributed by atoms with Crippen molar-refractivity contribution < 1.29 is 13.7 Å². The molecule has 0 saturated heterocycles. The van der Waals surface area contributed by atoms with Gasteiger partial charge in [-0.3, -0.25) is 9.00 Å². The smallest absolute Gasteiger partial charge is 0.179 e. The number of ketones is 1. The monoisotopic (exact) mass is 266 g/mol. The molecule has 1 aromatic rings. The summed E-state index contributed by atoms with van der Waals surface area (Å²) in [5.74, 6) is 0.592. The van der Waals surface area contributed by atoms with Gasteiger partial charge >= 0.3 is 0 Å². The van der Waals surface area contributed by atoms with Gasteiger partial charge < -0.3 is 4.74 Å². The number of para-hydroxylation sites is 1. The molecular weight excluding hydrogens is 248 g/mol. The second-order valence-corrected chi connectivity index (χ2v) is 6.27. The van der Waals surface area contributed by atoms with Gasteiger partial charge in [0.25, 0.3) is 0 Å². The van der Waals surface area contributed by atoms with Crippen LogP contribution in [0, 0.1) is 0 Å². The summed E-state index contributed by atoms with van der Waals surface area (Å²) in [6.07, 6.45) is 4.26. The third kappa shape index (κ3) is 2.99. The van der Waals surface area contributed by atoms with Crippen LogP contribution in [0.1, 0.15) is 36.0 Å². The molecule has 1 aliphatic rings. The Balaban J connectivity index is 2.05. The Hall–Kier alpha value is -1.16. The van der Waals surface area contributed by atoms with Crippen LogP contribution in [-0.4, -0.2) is 28.1 Å². The topological polar surface area (TPSA) is 43.4 Å². The quantitative estimate of drug-likeness (QED) is 0.769. The number of benzene rings is 1. The van der Waals surface area contributed by atoms with Crippen molar-refractivity contribution in [2.45, 2.75) is 30.9 Å². The van der Waals surface area contributed by atoms with Crippen LogP contribution >= 0.6 is 0 Å². The van der Waals surface area contributed by atoms with Crippen LogP contribution in [0.4, 0.5) is 0 Å². The van der Waals surface area contributed by atoms with E-state index in [-0.39, 0.29) is 16.8 Å². The molecule has 2 rings (SSSR count). The number of hydrogen-bond donors (Lipinski definition) is 0. The molecule has 1 fully saturated rings. The van der Waals surface area contributed by atoms with E-state index in [4.69, 9.17) is 4.74 Å². The molecule has 0 heterocycles. The Bertz CT molecular complexity index is 450. The first-order chi connectivity index (χ1) is 8.72. The maximum absolute atomic E-state index is 12.1. The Morgan fingerprint density at radius 1 is 1.33 bits per heavy atom. The highest BCUT2D eigenvalue weighted by Gasteiger charge is 2.24. The molecule has 3 nitrogen and oxygen atoms in total. The molecule has 0 N–H and O–H groups in total. The van der Waals surface area contributed by atoms with Crippen LogP contribution in [0.5, 0.6) is 5.75 Å². The molecule has 1 atom stereocenters. The fourth-order valence-corrected chi connectivity index (χ4v) is 3.86. The van der Waals surface area contributed by atoms with Crippen molar-refractivity contribution in [2.75, 3.05) is 12.9 Å². The molecule has 0 aromatic heterocycles. The highest BCUT2D eigenvalue weighted by atomic mass is 32.2. The first-order valence-electron chi connectivity index (χ1n) is 6.25. The van der Waals surface area contributed by atoms with Crippen LogP contribution in [0.2, 0.25) is 0 Å². The minimum atomic E-state index is -1.04. The van der Waals surface area contributed by atoms with Gasteiger partial charge in [0.05, 0.1) is 18.4 Å². The van der Waals surface area contributed by atoms with Gasteiger partial charge in [-0.25, -0.2) is 0 Å². The molecule has 1 aromatic carbocycles. The Morgan fingerprint density at radius 3 is 2.67 bits per heavy atom. The zero-order valence-corrected chi connectivity index (χ0v) is 11.4. The SMILES string of the molecule is COc1ccccc1C(=O)CS(=O)C1CCCC1. The molecule has 1 saturated carbocycles. The van der Waals surface area contributed by atoms with E-state index < -0.39 is 10.8 Å². The number of carbonyl (C=O) groups is 1. The number of rotatable bonds is 5. The van der Waals surface area contributed by atoms with Crippen molar-refractivity contribution in [1.82, 2.24) is 0 Å². The zero-order valence-electron chi connectivity index (χ0n) is 10.6. The zero-order chi connectivity index (χ0) is 13.0. The van der Waals surface area contributed by atoms with Crippen molar-refractivity contribution in [2.24, 2.45) is 0 Å². The molecule has 18 heavy (non-hydrogen) atoms. The molecule has 0 bridgehead atoms. The Kier molecular flexibility index (Phi) is 4.53. The van der Waals surface area contributed by atoms with Crippen LogP contribution < -0.4 is 4.74 Å². The number of Topliss-reactive ketones (excluding diaryl/α,β-unsaturated/α-hetero) is 1. The lowest BCUT2D eigenvalue weighted by atomic mass is 10.1. The Morgan fingerprint density at radius 2 is 2.00 bits per heavy atom. The van der Waals surface area contributed by atoms with Gasteiger partial charge in [0, 0.05) is 16.0 Å². The molecule has 4 heteroatoms. The summed E-state index contributed by atoms with van der Waals surface area (Å²) < 4.78 is 17.2. The lowest BCUT2D eigenvalue weighted by Crippen LogP contribution is -2.20. The maximum Gasteiger partial charge on any atom is 0.179 e. The highest BCUT2D eigenvalue weighted by Crippen LogP contribution is 2.24. The maximum atomic E-state index is 12.1. The average Bonchev–Trinajstić information content (AvgIpc) is 2.92. The fraction of sp³-hybridized carbons (Fsp3) is 0.500. The van der Waals surface area contributed by atoms with Gasteiger partial charge in [0.15, 0.2) is 5.78 Å². The summed E-state index contributed by atoms with van der Waals surface area (Å²) in [6, 6.07) is 7.11. The molecule has 0 amide bonds. The minimum absolute atomic E-state index is 0.0855. The lowest BCUT2D eigenvalue weighted by Gasteiger charge is -2.10. The van der Waals surface area contributed by atoms with E-state index >= 15 is 0 Å². The predicted octanol–water partition coefficient (Wildman–Crippen LogP) is 2.57. The van der Waals surface area contributed by atoms with E-state index in [1.54, 1.807) is 25.3 Å². The van der Waals surface area contributed by atoms with Crippen LogP contribution in [0.15, 0.2) is 24.3 Å². The van der Waals surface area contributed by atoms with Gasteiger partial charge in [-0.15, -0.1) is 0 Å². The molecule has 0 radical (unpaired) electrons. The second-order valence-electron chi connectivity index (χ2n) is 4.56. The van der Waals surface area contributed by atoms with Crippen molar-refractivity contribution in [1.29, 1.82) is 0 Å². The van der Waals surface area contributed by atoms with Crippen LogP contribution in [0.3, 0.4) is 0 Å². The third-order valence-corrected chi connectivity index (χ3v) is 5.12. The van der Waals surface area contributed by atoms with Gasteiger partial charge in [-0.2, -0.15) is 0 Å². The molecule has 0 spiro atoms. The predicted molar refractivity (Wildman–Crippen MR) is 72.6 cm³/mol. The number of carbonyl (C=O) groups excluding carboxylic acids is 1. The lowest BCUT2D eigenvalue weighted by molar-refractivity contribution is 0.101. The van der Waals surface area contributed by atoms with E-state index in [2.05, 4.69) is 0 Å². The van der Waals surface area contributed by atoms with E-state index in [0.717, 1.165) is 25.7 Å². The fourth-order valence-electron chi connectivity index (χ4n) is 2.35. The van der Waals surface area contributed by atoms with Crippen molar-refractivity contribution >= 4 is 16.6 Å². The number of ether oxygens (including phenoxy) is 1. The van der Waals surface area contributed by atoms with Crippen molar-refractivity contribution in [3.05, 3.63) is 29.8 Å². The normalized spacial score (nSPS) is 17.6.